The first-order chi connectivity index (χ1) is 10.8. The van der Waals surface area contributed by atoms with E-state index in [1.165, 1.54) is 37.3 Å². The minimum atomic E-state index is -4.11. The van der Waals surface area contributed by atoms with E-state index in [0.29, 0.717) is 16.4 Å². The Labute approximate surface area is 137 Å². The van der Waals surface area contributed by atoms with E-state index < -0.39 is 16.1 Å². The summed E-state index contributed by atoms with van der Waals surface area (Å²) < 4.78 is 28.2. The van der Waals surface area contributed by atoms with Crippen molar-refractivity contribution in [3.63, 3.8) is 0 Å². The smallest absolute Gasteiger partial charge is 0.341 e. The molecule has 0 atom stereocenters. The highest BCUT2D eigenvalue weighted by Gasteiger charge is 2.19. The van der Waals surface area contributed by atoms with E-state index in [9.17, 15) is 18.0 Å². The fourth-order valence-corrected chi connectivity index (χ4v) is 3.33. The molecule has 2 aromatic rings. The maximum atomic E-state index is 11.9. The summed E-state index contributed by atoms with van der Waals surface area (Å²) in [5, 5.41) is 4.77. The number of thiazole rings is 1. The van der Waals surface area contributed by atoms with E-state index in [-0.39, 0.29) is 17.2 Å². The van der Waals surface area contributed by atoms with Crippen LogP contribution in [0, 0.1) is 0 Å². The summed E-state index contributed by atoms with van der Waals surface area (Å²) in [4.78, 5) is 26.2. The fraction of sp³-hybridized carbons (Fsp3) is 0.214. The molecule has 2 rings (SSSR count). The van der Waals surface area contributed by atoms with Gasteiger partial charge < -0.3 is 9.50 Å². The van der Waals surface area contributed by atoms with Crippen LogP contribution < -0.4 is 5.32 Å². The molecule has 23 heavy (non-hydrogen) atoms. The van der Waals surface area contributed by atoms with E-state index in [2.05, 4.69) is 14.5 Å². The highest BCUT2D eigenvalue weighted by Crippen LogP contribution is 2.26. The van der Waals surface area contributed by atoms with E-state index in [4.69, 9.17) is 0 Å². The lowest BCUT2D eigenvalue weighted by Crippen LogP contribution is -2.12. The second-order valence-electron chi connectivity index (χ2n) is 4.51. The van der Waals surface area contributed by atoms with Crippen LogP contribution in [0.1, 0.15) is 20.3 Å². The number of nitrogens with one attached hydrogen (secondary N) is 1. The van der Waals surface area contributed by atoms with Crippen LogP contribution in [0.3, 0.4) is 0 Å². The second-order valence-corrected chi connectivity index (χ2v) is 6.91. The number of amides is 1. The summed E-state index contributed by atoms with van der Waals surface area (Å²) in [7, 11) is -4.11. The Morgan fingerprint density at radius 1 is 1.26 bits per heavy atom. The SMILES string of the molecule is CCC(=O)OS(=O)(=O)c1ccc(-c2csc(NC(C)=O)n2)cc1. The van der Waals surface area contributed by atoms with Crippen LogP contribution in [0.4, 0.5) is 5.13 Å². The van der Waals surface area contributed by atoms with Gasteiger partial charge in [0, 0.05) is 24.3 Å². The Balaban J connectivity index is 2.21. The van der Waals surface area contributed by atoms with Gasteiger partial charge in [-0.2, -0.15) is 8.42 Å². The Hall–Kier alpha value is -2.26. The first-order valence-corrected chi connectivity index (χ1v) is 8.91. The van der Waals surface area contributed by atoms with Gasteiger partial charge in [-0.05, 0) is 12.1 Å². The van der Waals surface area contributed by atoms with Gasteiger partial charge in [-0.1, -0.05) is 19.1 Å². The molecule has 0 aliphatic heterocycles. The predicted octanol–water partition coefficient (Wildman–Crippen LogP) is 2.41. The van der Waals surface area contributed by atoms with Crippen LogP contribution in [-0.2, 0) is 23.9 Å². The zero-order valence-corrected chi connectivity index (χ0v) is 14.0. The first-order valence-electron chi connectivity index (χ1n) is 6.62. The normalized spacial score (nSPS) is 11.0. The van der Waals surface area contributed by atoms with Crippen molar-refractivity contribution in [1.82, 2.24) is 4.98 Å². The predicted molar refractivity (Wildman–Crippen MR) is 85.4 cm³/mol. The highest BCUT2D eigenvalue weighted by molar-refractivity contribution is 7.87. The Morgan fingerprint density at radius 3 is 2.48 bits per heavy atom. The number of benzene rings is 1. The fourth-order valence-electron chi connectivity index (χ4n) is 1.64. The molecule has 0 saturated heterocycles. The minimum absolute atomic E-state index is 0.0257. The van der Waals surface area contributed by atoms with Gasteiger partial charge in [-0.15, -0.1) is 11.3 Å². The van der Waals surface area contributed by atoms with Gasteiger partial charge in [0.15, 0.2) is 5.13 Å². The standard InChI is InChI=1S/C14H14N2O5S2/c1-3-13(18)21-23(19,20)11-6-4-10(5-7-11)12-8-22-14(16-12)15-9(2)17/h4-8H,3H2,1-2H3,(H,15,16,17). The van der Waals surface area contributed by atoms with Gasteiger partial charge in [-0.25, -0.2) is 4.98 Å². The van der Waals surface area contributed by atoms with E-state index in [1.54, 1.807) is 17.5 Å². The third-order valence-electron chi connectivity index (χ3n) is 2.72. The summed E-state index contributed by atoms with van der Waals surface area (Å²) in [6.45, 7) is 2.90. The maximum absolute atomic E-state index is 11.9. The quantitative estimate of drug-likeness (QED) is 0.827. The van der Waals surface area contributed by atoms with Crippen LogP contribution in [0.25, 0.3) is 11.3 Å². The van der Waals surface area contributed by atoms with Crippen LogP contribution in [0.5, 0.6) is 0 Å². The third kappa shape index (κ3) is 4.36. The molecule has 0 unspecified atom stereocenters. The monoisotopic (exact) mass is 354 g/mol. The van der Waals surface area contributed by atoms with Crippen molar-refractivity contribution in [2.75, 3.05) is 5.32 Å². The van der Waals surface area contributed by atoms with E-state index in [0.717, 1.165) is 0 Å². The van der Waals surface area contributed by atoms with Gasteiger partial charge in [0.05, 0.1) is 5.69 Å². The second kappa shape index (κ2) is 6.88. The number of carbonyl (C=O) groups excluding carboxylic acids is 2. The zero-order valence-electron chi connectivity index (χ0n) is 12.4. The summed E-state index contributed by atoms with van der Waals surface area (Å²) >= 11 is 1.26. The molecular weight excluding hydrogens is 340 g/mol. The van der Waals surface area contributed by atoms with Crippen LogP contribution >= 0.6 is 11.3 Å². The van der Waals surface area contributed by atoms with E-state index >= 15 is 0 Å². The van der Waals surface area contributed by atoms with Crippen molar-refractivity contribution in [3.8, 4) is 11.3 Å². The molecule has 1 amide bonds. The number of nitrogens with zero attached hydrogens (tertiary/aromatic N) is 1. The molecule has 0 fully saturated rings. The lowest BCUT2D eigenvalue weighted by Gasteiger charge is -2.05. The highest BCUT2D eigenvalue weighted by atomic mass is 32.2. The van der Waals surface area contributed by atoms with Crippen molar-refractivity contribution in [2.24, 2.45) is 0 Å². The molecule has 9 heteroatoms. The first kappa shape index (κ1) is 17.1. The van der Waals surface area contributed by atoms with Crippen molar-refractivity contribution in [2.45, 2.75) is 25.2 Å². The Kier molecular flexibility index (Phi) is 5.12. The summed E-state index contributed by atoms with van der Waals surface area (Å²) in [5.74, 6) is -1.03. The number of rotatable bonds is 5. The maximum Gasteiger partial charge on any atom is 0.341 e. The van der Waals surface area contributed by atoms with Crippen molar-refractivity contribution in [3.05, 3.63) is 29.6 Å². The average molecular weight is 354 g/mol. The van der Waals surface area contributed by atoms with Crippen molar-refractivity contribution < 1.29 is 22.2 Å². The molecule has 7 nitrogen and oxygen atoms in total. The van der Waals surface area contributed by atoms with Gasteiger partial charge in [0.1, 0.15) is 4.90 Å². The molecule has 1 N–H and O–H groups in total. The summed E-state index contributed by atoms with van der Waals surface area (Å²) in [6.07, 6.45) is -0.0257. The lowest BCUT2D eigenvalue weighted by molar-refractivity contribution is -0.133. The minimum Gasteiger partial charge on any atom is -0.342 e. The average Bonchev–Trinajstić information content (AvgIpc) is 2.94. The molecule has 1 aromatic carbocycles. The molecule has 0 saturated carbocycles. The molecule has 0 spiro atoms. The van der Waals surface area contributed by atoms with Gasteiger partial charge in [-0.3, -0.25) is 9.59 Å². The number of hydrogen-bond donors (Lipinski definition) is 1. The summed E-state index contributed by atoms with van der Waals surface area (Å²) in [6, 6.07) is 5.79. The lowest BCUT2D eigenvalue weighted by atomic mass is 10.2. The third-order valence-corrected chi connectivity index (χ3v) is 4.73. The number of carbonyl (C=O) groups is 2. The Bertz CT molecular complexity index is 825. The van der Waals surface area contributed by atoms with Crippen LogP contribution in [0.15, 0.2) is 34.5 Å². The van der Waals surface area contributed by atoms with Gasteiger partial charge in [0.25, 0.3) is 0 Å². The largest absolute Gasteiger partial charge is 0.342 e. The number of hydrogen-bond acceptors (Lipinski definition) is 7. The van der Waals surface area contributed by atoms with E-state index in [1.807, 2.05) is 0 Å². The number of anilines is 1. The van der Waals surface area contributed by atoms with Gasteiger partial charge in [0.2, 0.25) is 5.91 Å². The molecule has 1 aromatic heterocycles. The van der Waals surface area contributed by atoms with Crippen LogP contribution in [-0.4, -0.2) is 25.3 Å². The zero-order chi connectivity index (χ0) is 17.0. The summed E-state index contributed by atoms with van der Waals surface area (Å²) in [5.41, 5.74) is 1.28. The Morgan fingerprint density at radius 2 is 1.91 bits per heavy atom. The molecule has 122 valence electrons. The molecule has 0 aliphatic rings. The number of aromatic nitrogens is 1. The molecule has 0 aliphatic carbocycles. The topological polar surface area (TPSA) is 102 Å². The van der Waals surface area contributed by atoms with Gasteiger partial charge >= 0.3 is 16.1 Å². The molecule has 0 radical (unpaired) electrons. The molecular formula is C14H14N2O5S2. The molecule has 1 heterocycles. The van der Waals surface area contributed by atoms with Crippen molar-refractivity contribution >= 4 is 38.5 Å². The van der Waals surface area contributed by atoms with Crippen LogP contribution in [0.2, 0.25) is 0 Å². The molecule has 0 bridgehead atoms. The van der Waals surface area contributed by atoms with Crippen molar-refractivity contribution in [1.29, 1.82) is 0 Å².